The molecule has 0 aromatic heterocycles. The Morgan fingerprint density at radius 3 is 2.33 bits per heavy atom. The van der Waals surface area contributed by atoms with E-state index in [1.807, 2.05) is 12.1 Å². The maximum atomic E-state index is 12.1. The van der Waals surface area contributed by atoms with Crippen molar-refractivity contribution < 1.29 is 4.21 Å². The third-order valence-electron chi connectivity index (χ3n) is 3.28. The van der Waals surface area contributed by atoms with Gasteiger partial charge in [-0.05, 0) is 36.0 Å². The molecule has 1 saturated carbocycles. The Bertz CT molecular complexity index is 415. The first kappa shape index (κ1) is 13.8. The highest BCUT2D eigenvalue weighted by Crippen LogP contribution is 2.23. The van der Waals surface area contributed by atoms with Gasteiger partial charge in [0.05, 0.1) is 10.8 Å². The largest absolute Gasteiger partial charge is 0.313 e. The monoisotopic (exact) mass is 265 g/mol. The van der Waals surface area contributed by atoms with Crippen LogP contribution in [-0.4, -0.2) is 22.5 Å². The van der Waals surface area contributed by atoms with E-state index >= 15 is 0 Å². The third-order valence-corrected chi connectivity index (χ3v) is 4.65. The lowest BCUT2D eigenvalue weighted by atomic mass is 9.87. The summed E-state index contributed by atoms with van der Waals surface area (Å²) < 4.78 is 12.1. The maximum Gasteiger partial charge on any atom is 0.0542 e. The second-order valence-corrected chi connectivity index (χ2v) is 7.62. The van der Waals surface area contributed by atoms with Crippen LogP contribution in [0.15, 0.2) is 29.2 Å². The molecule has 0 amide bonds. The Balaban J connectivity index is 1.89. The Labute approximate surface area is 113 Å². The van der Waals surface area contributed by atoms with Gasteiger partial charge in [-0.3, -0.25) is 4.21 Å². The maximum absolute atomic E-state index is 12.1. The number of hydrogen-bond acceptors (Lipinski definition) is 2. The van der Waals surface area contributed by atoms with Crippen molar-refractivity contribution in [2.24, 2.45) is 0 Å². The molecular weight excluding hydrogens is 242 g/mol. The Morgan fingerprint density at radius 2 is 1.83 bits per heavy atom. The van der Waals surface area contributed by atoms with Crippen molar-refractivity contribution in [2.45, 2.75) is 50.0 Å². The fourth-order valence-electron chi connectivity index (χ4n) is 1.87. The summed E-state index contributed by atoms with van der Waals surface area (Å²) in [5.74, 6) is 0.714. The van der Waals surface area contributed by atoms with Crippen LogP contribution in [0.1, 0.15) is 39.2 Å². The highest BCUT2D eigenvalue weighted by Gasteiger charge is 2.20. The van der Waals surface area contributed by atoms with Crippen LogP contribution in [0.2, 0.25) is 0 Å². The molecule has 0 bridgehead atoms. The van der Waals surface area contributed by atoms with Crippen LogP contribution in [0.3, 0.4) is 0 Å². The van der Waals surface area contributed by atoms with Crippen LogP contribution >= 0.6 is 0 Å². The van der Waals surface area contributed by atoms with Crippen LogP contribution in [0.25, 0.3) is 0 Å². The first-order chi connectivity index (χ1) is 8.47. The highest BCUT2D eigenvalue weighted by molar-refractivity contribution is 7.85. The SMILES string of the molecule is CC(C)(C)c1ccc(S(=O)CCNC2CC2)cc1. The van der Waals surface area contributed by atoms with Crippen molar-refractivity contribution in [3.8, 4) is 0 Å². The van der Waals surface area contributed by atoms with Crippen molar-refractivity contribution in [3.05, 3.63) is 29.8 Å². The Hall–Kier alpha value is -0.670. The molecule has 2 nitrogen and oxygen atoms in total. The first-order valence-corrected chi connectivity index (χ1v) is 8.01. The summed E-state index contributed by atoms with van der Waals surface area (Å²) in [6.45, 7) is 7.44. The zero-order valence-corrected chi connectivity index (χ0v) is 12.3. The van der Waals surface area contributed by atoms with E-state index in [9.17, 15) is 4.21 Å². The molecular formula is C15H23NOS. The van der Waals surface area contributed by atoms with E-state index in [1.165, 1.54) is 18.4 Å². The van der Waals surface area contributed by atoms with E-state index in [-0.39, 0.29) is 5.41 Å². The lowest BCUT2D eigenvalue weighted by Crippen LogP contribution is -2.22. The van der Waals surface area contributed by atoms with Crippen molar-refractivity contribution in [1.29, 1.82) is 0 Å². The lowest BCUT2D eigenvalue weighted by Gasteiger charge is -2.19. The summed E-state index contributed by atoms with van der Waals surface area (Å²) in [7, 11) is -0.870. The van der Waals surface area contributed by atoms with Crippen LogP contribution in [0.5, 0.6) is 0 Å². The second-order valence-electron chi connectivity index (χ2n) is 6.05. The highest BCUT2D eigenvalue weighted by atomic mass is 32.2. The molecule has 0 aliphatic heterocycles. The van der Waals surface area contributed by atoms with Gasteiger partial charge >= 0.3 is 0 Å². The first-order valence-electron chi connectivity index (χ1n) is 6.69. The van der Waals surface area contributed by atoms with Crippen molar-refractivity contribution in [3.63, 3.8) is 0 Å². The summed E-state index contributed by atoms with van der Waals surface area (Å²) >= 11 is 0. The lowest BCUT2D eigenvalue weighted by molar-refractivity contribution is 0.589. The summed E-state index contributed by atoms with van der Waals surface area (Å²) in [5.41, 5.74) is 1.45. The zero-order chi connectivity index (χ0) is 13.2. The van der Waals surface area contributed by atoms with Gasteiger partial charge in [-0.1, -0.05) is 32.9 Å². The van der Waals surface area contributed by atoms with Crippen LogP contribution in [0, 0.1) is 0 Å². The van der Waals surface area contributed by atoms with E-state index in [4.69, 9.17) is 0 Å². The van der Waals surface area contributed by atoms with E-state index in [1.54, 1.807) is 0 Å². The topological polar surface area (TPSA) is 29.1 Å². The molecule has 100 valence electrons. The molecule has 1 aliphatic rings. The molecule has 1 aromatic carbocycles. The van der Waals surface area contributed by atoms with E-state index in [0.717, 1.165) is 11.4 Å². The van der Waals surface area contributed by atoms with Gasteiger partial charge in [0.1, 0.15) is 0 Å². The van der Waals surface area contributed by atoms with Gasteiger partial charge in [-0.15, -0.1) is 0 Å². The van der Waals surface area contributed by atoms with Crippen LogP contribution in [0.4, 0.5) is 0 Å². The van der Waals surface area contributed by atoms with Gasteiger partial charge in [0.2, 0.25) is 0 Å². The number of hydrogen-bond donors (Lipinski definition) is 1. The predicted octanol–water partition coefficient (Wildman–Crippen LogP) is 2.84. The minimum absolute atomic E-state index is 0.160. The van der Waals surface area contributed by atoms with Crippen molar-refractivity contribution >= 4 is 10.8 Å². The molecule has 1 aliphatic carbocycles. The normalized spacial score (nSPS) is 17.7. The van der Waals surface area contributed by atoms with Gasteiger partial charge in [-0.25, -0.2) is 0 Å². The number of nitrogens with one attached hydrogen (secondary N) is 1. The molecule has 1 aromatic rings. The summed E-state index contributed by atoms with van der Waals surface area (Å²) in [6, 6.07) is 8.91. The number of rotatable bonds is 5. The molecule has 18 heavy (non-hydrogen) atoms. The summed E-state index contributed by atoms with van der Waals surface area (Å²) in [6.07, 6.45) is 2.57. The predicted molar refractivity (Wildman–Crippen MR) is 77.4 cm³/mol. The minimum Gasteiger partial charge on any atom is -0.313 e. The molecule has 3 heteroatoms. The van der Waals surface area contributed by atoms with Gasteiger partial charge in [-0.2, -0.15) is 0 Å². The minimum atomic E-state index is -0.870. The molecule has 2 rings (SSSR count). The molecule has 1 unspecified atom stereocenters. The zero-order valence-electron chi connectivity index (χ0n) is 11.5. The fraction of sp³-hybridized carbons (Fsp3) is 0.600. The van der Waals surface area contributed by atoms with Gasteiger partial charge in [0.25, 0.3) is 0 Å². The quantitative estimate of drug-likeness (QED) is 0.887. The smallest absolute Gasteiger partial charge is 0.0542 e. The second kappa shape index (κ2) is 5.54. The van der Waals surface area contributed by atoms with Crippen LogP contribution < -0.4 is 5.32 Å². The van der Waals surface area contributed by atoms with Gasteiger partial charge < -0.3 is 5.32 Å². The van der Waals surface area contributed by atoms with E-state index < -0.39 is 10.8 Å². The van der Waals surface area contributed by atoms with E-state index in [2.05, 4.69) is 38.2 Å². The third kappa shape index (κ3) is 3.92. The fourth-order valence-corrected chi connectivity index (χ4v) is 2.85. The Morgan fingerprint density at radius 1 is 1.22 bits per heavy atom. The van der Waals surface area contributed by atoms with Crippen molar-refractivity contribution in [2.75, 3.05) is 12.3 Å². The average Bonchev–Trinajstić information content (AvgIpc) is 3.12. The van der Waals surface area contributed by atoms with Gasteiger partial charge in [0, 0.05) is 23.2 Å². The summed E-state index contributed by atoms with van der Waals surface area (Å²) in [5, 5.41) is 3.40. The molecule has 0 saturated heterocycles. The Kier molecular flexibility index (Phi) is 4.23. The molecule has 0 radical (unpaired) electrons. The van der Waals surface area contributed by atoms with Crippen molar-refractivity contribution in [1.82, 2.24) is 5.32 Å². The molecule has 0 heterocycles. The molecule has 1 fully saturated rings. The number of benzene rings is 1. The van der Waals surface area contributed by atoms with Gasteiger partial charge in [0.15, 0.2) is 0 Å². The summed E-state index contributed by atoms with van der Waals surface area (Å²) in [4.78, 5) is 0.945. The van der Waals surface area contributed by atoms with Crippen LogP contribution in [-0.2, 0) is 16.2 Å². The molecule has 1 N–H and O–H groups in total. The molecule has 0 spiro atoms. The van der Waals surface area contributed by atoms with E-state index in [0.29, 0.717) is 11.8 Å². The molecule has 1 atom stereocenters. The average molecular weight is 265 g/mol. The standard InChI is InChI=1S/C15H23NOS/c1-15(2,3)12-4-8-14(9-5-12)18(17)11-10-16-13-6-7-13/h4-5,8-9,13,16H,6-7,10-11H2,1-3H3.